The minimum Gasteiger partial charge on any atom is -0.351 e. The number of carbonyl (C=O) groups excluding carboxylic acids is 1. The molecule has 4 heteroatoms. The van der Waals surface area contributed by atoms with Crippen LogP contribution < -0.4 is 5.32 Å². The van der Waals surface area contributed by atoms with Crippen molar-refractivity contribution >= 4 is 17.2 Å². The van der Waals surface area contributed by atoms with Crippen LogP contribution in [0.2, 0.25) is 0 Å². The van der Waals surface area contributed by atoms with E-state index in [1.54, 1.807) is 23.7 Å². The van der Waals surface area contributed by atoms with Crippen LogP contribution in [0.1, 0.15) is 36.1 Å². The molecule has 0 atom stereocenters. The maximum absolute atomic E-state index is 12.7. The SMILES string of the molecule is O=C(NCc1ccncc1)C1(c2cccs2)CCCC1. The molecule has 1 saturated carbocycles. The summed E-state index contributed by atoms with van der Waals surface area (Å²) in [6.45, 7) is 0.578. The molecule has 0 bridgehead atoms. The summed E-state index contributed by atoms with van der Waals surface area (Å²) in [5.74, 6) is 0.175. The highest BCUT2D eigenvalue weighted by atomic mass is 32.1. The Labute approximate surface area is 123 Å². The molecule has 3 rings (SSSR count). The van der Waals surface area contributed by atoms with Crippen LogP contribution in [-0.2, 0) is 16.8 Å². The number of carbonyl (C=O) groups is 1. The van der Waals surface area contributed by atoms with E-state index >= 15 is 0 Å². The molecule has 0 spiro atoms. The summed E-state index contributed by atoms with van der Waals surface area (Å²) in [5.41, 5.74) is 0.800. The fraction of sp³-hybridized carbons (Fsp3) is 0.375. The van der Waals surface area contributed by atoms with Crippen LogP contribution in [0.4, 0.5) is 0 Å². The summed E-state index contributed by atoms with van der Waals surface area (Å²) < 4.78 is 0. The Morgan fingerprint density at radius 2 is 2.00 bits per heavy atom. The fourth-order valence-corrected chi connectivity index (χ4v) is 3.95. The number of hydrogen-bond donors (Lipinski definition) is 1. The Balaban J connectivity index is 1.74. The van der Waals surface area contributed by atoms with Gasteiger partial charge in [0.1, 0.15) is 0 Å². The first-order valence-electron chi connectivity index (χ1n) is 7.02. The van der Waals surface area contributed by atoms with Crippen molar-refractivity contribution in [1.29, 1.82) is 0 Å². The summed E-state index contributed by atoms with van der Waals surface area (Å²) >= 11 is 1.70. The maximum atomic E-state index is 12.7. The zero-order valence-corrected chi connectivity index (χ0v) is 12.2. The molecule has 104 valence electrons. The first kappa shape index (κ1) is 13.3. The van der Waals surface area contributed by atoms with Crippen molar-refractivity contribution < 1.29 is 4.79 Å². The van der Waals surface area contributed by atoms with Gasteiger partial charge in [0.15, 0.2) is 0 Å². The number of nitrogens with one attached hydrogen (secondary N) is 1. The van der Waals surface area contributed by atoms with Crippen molar-refractivity contribution in [3.8, 4) is 0 Å². The molecule has 1 aliphatic rings. The van der Waals surface area contributed by atoms with Crippen molar-refractivity contribution in [2.24, 2.45) is 0 Å². The fourth-order valence-electron chi connectivity index (χ4n) is 2.97. The Bertz CT molecular complexity index is 559. The van der Waals surface area contributed by atoms with Crippen LogP contribution in [0.3, 0.4) is 0 Å². The third-order valence-electron chi connectivity index (χ3n) is 4.09. The van der Waals surface area contributed by atoms with Crippen molar-refractivity contribution in [1.82, 2.24) is 10.3 Å². The lowest BCUT2D eigenvalue weighted by Gasteiger charge is -2.26. The largest absolute Gasteiger partial charge is 0.351 e. The van der Waals surface area contributed by atoms with Gasteiger partial charge >= 0.3 is 0 Å². The number of nitrogens with zero attached hydrogens (tertiary/aromatic N) is 1. The third kappa shape index (κ3) is 2.48. The molecule has 0 radical (unpaired) electrons. The quantitative estimate of drug-likeness (QED) is 0.937. The smallest absolute Gasteiger partial charge is 0.231 e. The van der Waals surface area contributed by atoms with E-state index in [2.05, 4.69) is 21.7 Å². The molecular formula is C16H18N2OS. The molecule has 3 nitrogen and oxygen atoms in total. The second-order valence-corrected chi connectivity index (χ2v) is 6.25. The van der Waals surface area contributed by atoms with Gasteiger partial charge in [0.2, 0.25) is 5.91 Å². The number of pyridine rings is 1. The summed E-state index contributed by atoms with van der Waals surface area (Å²) in [4.78, 5) is 17.9. The molecule has 0 aromatic carbocycles. The first-order valence-corrected chi connectivity index (χ1v) is 7.90. The van der Waals surface area contributed by atoms with E-state index in [9.17, 15) is 4.79 Å². The van der Waals surface area contributed by atoms with E-state index in [0.29, 0.717) is 6.54 Å². The molecule has 2 heterocycles. The van der Waals surface area contributed by atoms with Crippen LogP contribution in [-0.4, -0.2) is 10.9 Å². The van der Waals surface area contributed by atoms with Crippen LogP contribution in [0, 0.1) is 0 Å². The number of thiophene rings is 1. The minimum atomic E-state index is -0.290. The van der Waals surface area contributed by atoms with Gasteiger partial charge in [-0.25, -0.2) is 0 Å². The highest BCUT2D eigenvalue weighted by Crippen LogP contribution is 2.43. The number of rotatable bonds is 4. The van der Waals surface area contributed by atoms with E-state index in [1.807, 2.05) is 18.2 Å². The normalized spacial score (nSPS) is 17.0. The van der Waals surface area contributed by atoms with Crippen LogP contribution >= 0.6 is 11.3 Å². The summed E-state index contributed by atoms with van der Waals surface area (Å²) in [5, 5.41) is 5.17. The van der Waals surface area contributed by atoms with E-state index in [-0.39, 0.29) is 11.3 Å². The second-order valence-electron chi connectivity index (χ2n) is 5.30. The van der Waals surface area contributed by atoms with Crippen LogP contribution in [0.15, 0.2) is 42.0 Å². The van der Waals surface area contributed by atoms with Gasteiger partial charge in [-0.3, -0.25) is 9.78 Å². The van der Waals surface area contributed by atoms with Crippen molar-refractivity contribution in [2.75, 3.05) is 0 Å². The summed E-state index contributed by atoms with van der Waals surface area (Å²) in [6, 6.07) is 8.01. The zero-order valence-electron chi connectivity index (χ0n) is 11.3. The lowest BCUT2D eigenvalue weighted by Crippen LogP contribution is -2.41. The Kier molecular flexibility index (Phi) is 3.83. The van der Waals surface area contributed by atoms with E-state index in [0.717, 1.165) is 31.2 Å². The highest BCUT2D eigenvalue weighted by molar-refractivity contribution is 7.10. The van der Waals surface area contributed by atoms with E-state index < -0.39 is 0 Å². The van der Waals surface area contributed by atoms with E-state index in [4.69, 9.17) is 0 Å². The van der Waals surface area contributed by atoms with Gasteiger partial charge in [-0.15, -0.1) is 11.3 Å². The molecule has 20 heavy (non-hydrogen) atoms. The predicted molar refractivity (Wildman–Crippen MR) is 80.5 cm³/mol. The van der Waals surface area contributed by atoms with Gasteiger partial charge in [0.05, 0.1) is 5.41 Å². The van der Waals surface area contributed by atoms with Gasteiger partial charge in [0.25, 0.3) is 0 Å². The molecule has 1 fully saturated rings. The molecule has 1 N–H and O–H groups in total. The monoisotopic (exact) mass is 286 g/mol. The molecule has 0 saturated heterocycles. The van der Waals surface area contributed by atoms with Crippen molar-refractivity contribution in [3.63, 3.8) is 0 Å². The molecule has 0 aliphatic heterocycles. The standard InChI is InChI=1S/C16H18N2OS/c19-15(18-12-13-5-9-17-10-6-13)16(7-1-2-8-16)14-4-3-11-20-14/h3-6,9-11H,1-2,7-8,12H2,(H,18,19). The molecule has 0 unspecified atom stereocenters. The Morgan fingerprint density at radius 3 is 2.65 bits per heavy atom. The summed E-state index contributed by atoms with van der Waals surface area (Å²) in [7, 11) is 0. The zero-order chi connectivity index (χ0) is 13.8. The molecular weight excluding hydrogens is 268 g/mol. The molecule has 1 amide bonds. The second kappa shape index (κ2) is 5.75. The third-order valence-corrected chi connectivity index (χ3v) is 5.16. The van der Waals surface area contributed by atoms with Gasteiger partial charge in [-0.1, -0.05) is 18.9 Å². The van der Waals surface area contributed by atoms with Gasteiger partial charge < -0.3 is 5.32 Å². The Hall–Kier alpha value is -1.68. The average molecular weight is 286 g/mol. The van der Waals surface area contributed by atoms with Gasteiger partial charge in [-0.2, -0.15) is 0 Å². The average Bonchev–Trinajstić information content (AvgIpc) is 3.17. The van der Waals surface area contributed by atoms with Crippen LogP contribution in [0.5, 0.6) is 0 Å². The highest BCUT2D eigenvalue weighted by Gasteiger charge is 2.43. The lowest BCUT2D eigenvalue weighted by molar-refractivity contribution is -0.126. The molecule has 1 aliphatic carbocycles. The summed E-state index contributed by atoms with van der Waals surface area (Å²) in [6.07, 6.45) is 7.73. The topological polar surface area (TPSA) is 42.0 Å². The predicted octanol–water partition coefficient (Wildman–Crippen LogP) is 3.27. The van der Waals surface area contributed by atoms with Crippen LogP contribution in [0.25, 0.3) is 0 Å². The number of aromatic nitrogens is 1. The number of hydrogen-bond acceptors (Lipinski definition) is 3. The van der Waals surface area contributed by atoms with E-state index in [1.165, 1.54) is 4.88 Å². The van der Waals surface area contributed by atoms with Gasteiger partial charge in [-0.05, 0) is 42.0 Å². The molecule has 2 aromatic rings. The van der Waals surface area contributed by atoms with Gasteiger partial charge in [0, 0.05) is 23.8 Å². The van der Waals surface area contributed by atoms with Crippen molar-refractivity contribution in [3.05, 3.63) is 52.5 Å². The Morgan fingerprint density at radius 1 is 1.25 bits per heavy atom. The maximum Gasteiger partial charge on any atom is 0.231 e. The molecule has 2 aromatic heterocycles. The van der Waals surface area contributed by atoms with Crippen molar-refractivity contribution in [2.45, 2.75) is 37.6 Å². The first-order chi connectivity index (χ1) is 9.81. The lowest BCUT2D eigenvalue weighted by atomic mass is 9.83. The minimum absolute atomic E-state index is 0.175. The number of amides is 1.